The number of hydrogen-bond donors (Lipinski definition) is 1. The number of piperazine rings is 1. The van der Waals surface area contributed by atoms with Crippen LogP contribution in [0.2, 0.25) is 0 Å². The Labute approximate surface area is 170 Å². The van der Waals surface area contributed by atoms with Gasteiger partial charge in [-0.05, 0) is 29.8 Å². The first kappa shape index (κ1) is 21.9. The average Bonchev–Trinajstić information content (AvgIpc) is 2.61. The summed E-state index contributed by atoms with van der Waals surface area (Å²) in [5.41, 5.74) is 7.95. The fraction of sp³-hybridized carbons (Fsp3) is 0.333. The number of benzene rings is 2. The molecule has 3 rings (SSSR count). The summed E-state index contributed by atoms with van der Waals surface area (Å²) in [6.45, 7) is 3.52. The highest BCUT2D eigenvalue weighted by atomic mass is 35.5. The molecule has 1 aliphatic rings. The average molecular weight is 427 g/mol. The van der Waals surface area contributed by atoms with E-state index in [4.69, 9.17) is 5.73 Å². The van der Waals surface area contributed by atoms with Crippen molar-refractivity contribution in [1.82, 2.24) is 4.90 Å². The molecule has 1 saturated heterocycles. The molecule has 0 aliphatic carbocycles. The summed E-state index contributed by atoms with van der Waals surface area (Å²) in [6, 6.07) is 11.8. The zero-order valence-corrected chi connectivity index (χ0v) is 17.1. The van der Waals surface area contributed by atoms with Gasteiger partial charge in [0.2, 0.25) is 0 Å². The molecule has 1 aliphatic heterocycles. The lowest BCUT2D eigenvalue weighted by Gasteiger charge is -2.35. The fourth-order valence-corrected chi connectivity index (χ4v) is 3.89. The molecule has 8 nitrogen and oxygen atoms in total. The summed E-state index contributed by atoms with van der Waals surface area (Å²) in [4.78, 5) is 15.1. The van der Waals surface area contributed by atoms with Crippen LogP contribution in [0.3, 0.4) is 0 Å². The van der Waals surface area contributed by atoms with Gasteiger partial charge in [0.25, 0.3) is 5.69 Å². The van der Waals surface area contributed by atoms with E-state index in [0.717, 1.165) is 43.2 Å². The summed E-state index contributed by atoms with van der Waals surface area (Å²) in [6.07, 6.45) is 1.04. The predicted octanol–water partition coefficient (Wildman–Crippen LogP) is 2.32. The van der Waals surface area contributed by atoms with E-state index in [1.165, 1.54) is 12.1 Å². The predicted molar refractivity (Wildman–Crippen MR) is 112 cm³/mol. The number of nitrogen functional groups attached to an aromatic ring is 1. The van der Waals surface area contributed by atoms with Crippen molar-refractivity contribution in [1.29, 1.82) is 0 Å². The van der Waals surface area contributed by atoms with Crippen LogP contribution in [0, 0.1) is 10.1 Å². The zero-order valence-electron chi connectivity index (χ0n) is 15.4. The quantitative estimate of drug-likeness (QED) is 0.443. The number of sulfone groups is 1. The number of nitro groups is 1. The second-order valence-electron chi connectivity index (χ2n) is 6.69. The standard InChI is InChI=1S/C18H22N4O4S.ClH/c1-27(25,26)16-5-6-17(18(12-16)22(23)24)21-9-7-20(8-10-21)13-14-3-2-4-15(19)11-14;/h2-6,11-12H,7-10,13,19H2,1H3;1H. The Morgan fingerprint density at radius 2 is 1.79 bits per heavy atom. The lowest BCUT2D eigenvalue weighted by molar-refractivity contribution is -0.384. The first-order valence-corrected chi connectivity index (χ1v) is 10.4. The maximum Gasteiger partial charge on any atom is 0.293 e. The van der Waals surface area contributed by atoms with Crippen LogP contribution in [0.25, 0.3) is 0 Å². The Kier molecular flexibility index (Phi) is 6.87. The van der Waals surface area contributed by atoms with E-state index in [2.05, 4.69) is 4.90 Å². The van der Waals surface area contributed by atoms with Gasteiger partial charge in [-0.15, -0.1) is 12.4 Å². The van der Waals surface area contributed by atoms with Gasteiger partial charge in [-0.25, -0.2) is 8.42 Å². The molecule has 28 heavy (non-hydrogen) atoms. The molecule has 0 amide bonds. The van der Waals surface area contributed by atoms with Crippen LogP contribution in [0.15, 0.2) is 47.4 Å². The second-order valence-corrected chi connectivity index (χ2v) is 8.70. The van der Waals surface area contributed by atoms with Gasteiger partial charge in [0.1, 0.15) is 5.69 Å². The van der Waals surface area contributed by atoms with Crippen molar-refractivity contribution < 1.29 is 13.3 Å². The SMILES string of the molecule is CS(=O)(=O)c1ccc(N2CCN(Cc3cccc(N)c3)CC2)c([N+](=O)[O-])c1.Cl. The van der Waals surface area contributed by atoms with E-state index in [9.17, 15) is 18.5 Å². The highest BCUT2D eigenvalue weighted by molar-refractivity contribution is 7.90. The van der Waals surface area contributed by atoms with Gasteiger partial charge in [-0.3, -0.25) is 15.0 Å². The molecule has 2 aromatic carbocycles. The highest BCUT2D eigenvalue weighted by Crippen LogP contribution is 2.31. The summed E-state index contributed by atoms with van der Waals surface area (Å²) >= 11 is 0. The van der Waals surface area contributed by atoms with E-state index < -0.39 is 14.8 Å². The molecule has 152 valence electrons. The van der Waals surface area contributed by atoms with Gasteiger partial charge in [-0.1, -0.05) is 12.1 Å². The van der Waals surface area contributed by atoms with E-state index in [1.807, 2.05) is 29.2 Å². The van der Waals surface area contributed by atoms with E-state index in [-0.39, 0.29) is 23.0 Å². The molecular formula is C18H23ClN4O4S. The first-order chi connectivity index (χ1) is 12.7. The lowest BCUT2D eigenvalue weighted by Crippen LogP contribution is -2.46. The van der Waals surface area contributed by atoms with Crippen molar-refractivity contribution in [2.24, 2.45) is 0 Å². The topological polar surface area (TPSA) is 110 Å². The van der Waals surface area contributed by atoms with Crippen LogP contribution < -0.4 is 10.6 Å². The number of rotatable bonds is 5. The van der Waals surface area contributed by atoms with E-state index in [0.29, 0.717) is 18.8 Å². The third kappa shape index (κ3) is 5.12. The van der Waals surface area contributed by atoms with Crippen molar-refractivity contribution in [2.45, 2.75) is 11.4 Å². The van der Waals surface area contributed by atoms with Crippen molar-refractivity contribution in [3.8, 4) is 0 Å². The van der Waals surface area contributed by atoms with Crippen molar-refractivity contribution in [3.05, 3.63) is 58.1 Å². The van der Waals surface area contributed by atoms with Crippen LogP contribution in [0.4, 0.5) is 17.1 Å². The highest BCUT2D eigenvalue weighted by Gasteiger charge is 2.25. The normalized spacial score (nSPS) is 15.1. The van der Waals surface area contributed by atoms with Gasteiger partial charge in [0, 0.05) is 50.7 Å². The van der Waals surface area contributed by atoms with Crippen LogP contribution in [0.5, 0.6) is 0 Å². The molecule has 1 heterocycles. The van der Waals surface area contributed by atoms with Gasteiger partial charge in [-0.2, -0.15) is 0 Å². The number of nitrogens with zero attached hydrogens (tertiary/aromatic N) is 3. The summed E-state index contributed by atoms with van der Waals surface area (Å²) in [5.74, 6) is 0. The fourth-order valence-electron chi connectivity index (χ4n) is 3.24. The number of nitrogens with two attached hydrogens (primary N) is 1. The second kappa shape index (κ2) is 8.76. The molecule has 1 fully saturated rings. The van der Waals surface area contributed by atoms with E-state index >= 15 is 0 Å². The van der Waals surface area contributed by atoms with Crippen LogP contribution in [-0.4, -0.2) is 50.7 Å². The smallest absolute Gasteiger partial charge is 0.293 e. The maximum absolute atomic E-state index is 11.7. The third-order valence-electron chi connectivity index (χ3n) is 4.64. The Morgan fingerprint density at radius 1 is 1.11 bits per heavy atom. The number of anilines is 2. The molecule has 0 spiro atoms. The summed E-state index contributed by atoms with van der Waals surface area (Å²) in [7, 11) is -3.49. The summed E-state index contributed by atoms with van der Waals surface area (Å²) in [5, 5.41) is 11.4. The van der Waals surface area contributed by atoms with Crippen LogP contribution >= 0.6 is 12.4 Å². The van der Waals surface area contributed by atoms with Crippen molar-refractivity contribution in [2.75, 3.05) is 43.1 Å². The van der Waals surface area contributed by atoms with E-state index in [1.54, 1.807) is 0 Å². The molecular weight excluding hydrogens is 404 g/mol. The third-order valence-corrected chi connectivity index (χ3v) is 5.75. The molecule has 2 N–H and O–H groups in total. The molecule has 0 unspecified atom stereocenters. The number of halogens is 1. The van der Waals surface area contributed by atoms with Crippen LogP contribution in [0.1, 0.15) is 5.56 Å². The molecule has 0 radical (unpaired) electrons. The minimum Gasteiger partial charge on any atom is -0.399 e. The van der Waals surface area contributed by atoms with Gasteiger partial charge < -0.3 is 10.6 Å². The van der Waals surface area contributed by atoms with Crippen LogP contribution in [-0.2, 0) is 16.4 Å². The Morgan fingerprint density at radius 3 is 2.36 bits per heavy atom. The number of hydrogen-bond acceptors (Lipinski definition) is 7. The molecule has 0 saturated carbocycles. The molecule has 0 atom stereocenters. The lowest BCUT2D eigenvalue weighted by atomic mass is 10.1. The van der Waals surface area contributed by atoms with Gasteiger partial charge in [0.05, 0.1) is 9.82 Å². The Balaban J connectivity index is 0.00000280. The first-order valence-electron chi connectivity index (χ1n) is 8.54. The minimum absolute atomic E-state index is 0. The molecule has 2 aromatic rings. The van der Waals surface area contributed by atoms with Crippen molar-refractivity contribution in [3.63, 3.8) is 0 Å². The maximum atomic E-state index is 11.7. The Bertz CT molecular complexity index is 960. The molecule has 0 aromatic heterocycles. The largest absolute Gasteiger partial charge is 0.399 e. The minimum atomic E-state index is -3.49. The van der Waals surface area contributed by atoms with Gasteiger partial charge in [0.15, 0.2) is 9.84 Å². The molecule has 10 heteroatoms. The Hall–Kier alpha value is -2.36. The molecule has 0 bridgehead atoms. The number of nitro benzene ring substituents is 1. The van der Waals surface area contributed by atoms with Gasteiger partial charge >= 0.3 is 0 Å². The monoisotopic (exact) mass is 426 g/mol. The van der Waals surface area contributed by atoms with Crippen molar-refractivity contribution >= 4 is 39.3 Å². The summed E-state index contributed by atoms with van der Waals surface area (Å²) < 4.78 is 23.4. The zero-order chi connectivity index (χ0) is 19.6.